The molecule has 0 unspecified atom stereocenters. The normalized spacial score (nSPS) is 11.2. The molecule has 0 rings (SSSR count). The Morgan fingerprint density at radius 3 is 1.25 bits per heavy atom. The van der Waals surface area contributed by atoms with Crippen LogP contribution in [0.1, 0.15) is 0 Å². The minimum absolute atomic E-state index is 0. The predicted molar refractivity (Wildman–Crippen MR) is 28.5 cm³/mol. The van der Waals surface area contributed by atoms with Crippen molar-refractivity contribution in [2.45, 2.75) is 10.1 Å². The summed E-state index contributed by atoms with van der Waals surface area (Å²) in [6.07, 6.45) is -1.91. The second-order valence-corrected chi connectivity index (χ2v) is 3.28. The molecule has 0 saturated carbocycles. The van der Waals surface area contributed by atoms with E-state index in [0.717, 1.165) is 0 Å². The molecule has 0 aliphatic heterocycles. The maximum Gasteiger partial charge on any atom is 0.240 e. The van der Waals surface area contributed by atoms with Crippen LogP contribution in [0.25, 0.3) is 0 Å². The molecule has 0 amide bonds. The molecule has 0 bridgehead atoms. The first-order chi connectivity index (χ1) is 2.94. The third-order valence-corrected chi connectivity index (χ3v) is 0.878. The van der Waals surface area contributed by atoms with E-state index in [2.05, 4.69) is 0 Å². The van der Waals surface area contributed by atoms with Crippen LogP contribution in [0.3, 0.4) is 0 Å². The zero-order valence-corrected chi connectivity index (χ0v) is 7.47. The fourth-order valence-corrected chi connectivity index (χ4v) is 0. The van der Waals surface area contributed by atoms with E-state index in [1.807, 2.05) is 0 Å². The van der Waals surface area contributed by atoms with Gasteiger partial charge in [0.2, 0.25) is 3.79 Å². The Balaban J connectivity index is 0. The Bertz CT molecular complexity index is 60.8. The first-order valence-electron chi connectivity index (χ1n) is 1.37. The van der Waals surface area contributed by atoms with Crippen molar-refractivity contribution in [2.24, 2.45) is 0 Å². The number of hydrogen-bond donors (Lipinski definition) is 2. The Morgan fingerprint density at radius 1 is 1.12 bits per heavy atom. The van der Waals surface area contributed by atoms with Crippen LogP contribution in [-0.4, -0.2) is 20.3 Å². The molecule has 0 aliphatic rings. The maximum atomic E-state index is 8.05. The largest absolute Gasteiger partial charge is 0.365 e. The topological polar surface area (TPSA) is 40.5 Å². The summed E-state index contributed by atoms with van der Waals surface area (Å²) in [5.74, 6) is 0. The minimum Gasteiger partial charge on any atom is -0.365 e. The van der Waals surface area contributed by atoms with Gasteiger partial charge in [-0.1, -0.05) is 34.8 Å². The van der Waals surface area contributed by atoms with Gasteiger partial charge in [-0.05, 0) is 0 Å². The van der Waals surface area contributed by atoms with Gasteiger partial charge in [0.1, 0.15) is 0 Å². The third-order valence-electron chi connectivity index (χ3n) is 0.293. The number of halogens is 3. The van der Waals surface area contributed by atoms with Crippen molar-refractivity contribution in [3.8, 4) is 0 Å². The van der Waals surface area contributed by atoms with Crippen molar-refractivity contribution in [3.05, 3.63) is 0 Å². The average molecular weight is 266 g/mol. The summed E-state index contributed by atoms with van der Waals surface area (Å²) in [4.78, 5) is 0. The summed E-state index contributed by atoms with van der Waals surface area (Å²) in [5, 5.41) is 16.1. The summed E-state index contributed by atoms with van der Waals surface area (Å²) in [6.45, 7) is 0. The summed E-state index contributed by atoms with van der Waals surface area (Å²) in [5.41, 5.74) is 0. The van der Waals surface area contributed by atoms with E-state index >= 15 is 0 Å². The second-order valence-electron chi connectivity index (χ2n) is 0.915. The molecule has 2 nitrogen and oxygen atoms in total. The van der Waals surface area contributed by atoms with E-state index in [0.29, 0.717) is 0 Å². The van der Waals surface area contributed by atoms with Crippen LogP contribution < -0.4 is 0 Å². The molecule has 0 aromatic rings. The van der Waals surface area contributed by atoms with Crippen LogP contribution in [-0.2, 0) is 19.5 Å². The standard InChI is InChI=1S/C2H3Cl3O2.Ru/c3-2(4,5)1(6)7;/h1,6-7H;. The summed E-state index contributed by atoms with van der Waals surface area (Å²) < 4.78 is -1.97. The van der Waals surface area contributed by atoms with Crippen LogP contribution in [0.2, 0.25) is 0 Å². The molecule has 2 N–H and O–H groups in total. The molecule has 0 heterocycles. The molecule has 0 radical (unpaired) electrons. The third kappa shape index (κ3) is 5.55. The van der Waals surface area contributed by atoms with Crippen molar-refractivity contribution in [1.29, 1.82) is 0 Å². The van der Waals surface area contributed by atoms with Crippen molar-refractivity contribution in [1.82, 2.24) is 0 Å². The molecule has 0 spiro atoms. The molecule has 6 heteroatoms. The number of aliphatic hydroxyl groups excluding tert-OH is 1. The first-order valence-corrected chi connectivity index (χ1v) is 2.51. The zero-order chi connectivity index (χ0) is 6.08. The fourth-order valence-electron chi connectivity index (χ4n) is 0. The van der Waals surface area contributed by atoms with Gasteiger partial charge in [-0.3, -0.25) is 0 Å². The smallest absolute Gasteiger partial charge is 0.240 e. The molecular weight excluding hydrogens is 263 g/mol. The van der Waals surface area contributed by atoms with E-state index in [9.17, 15) is 0 Å². The van der Waals surface area contributed by atoms with Gasteiger partial charge in [0, 0.05) is 19.5 Å². The van der Waals surface area contributed by atoms with Crippen LogP contribution in [0.4, 0.5) is 0 Å². The second kappa shape index (κ2) is 4.26. The van der Waals surface area contributed by atoms with E-state index in [4.69, 9.17) is 45.0 Å². The Kier molecular flexibility index (Phi) is 6.46. The minimum atomic E-state index is -1.97. The summed E-state index contributed by atoms with van der Waals surface area (Å²) >= 11 is 14.7. The van der Waals surface area contributed by atoms with Crippen LogP contribution in [0.5, 0.6) is 0 Å². The van der Waals surface area contributed by atoms with Crippen molar-refractivity contribution in [3.63, 3.8) is 0 Å². The zero-order valence-electron chi connectivity index (χ0n) is 3.46. The van der Waals surface area contributed by atoms with E-state index in [-0.39, 0.29) is 19.5 Å². The molecule has 0 aromatic carbocycles. The van der Waals surface area contributed by atoms with Crippen molar-refractivity contribution < 1.29 is 29.7 Å². The average Bonchev–Trinajstić information content (AvgIpc) is 1.31. The Morgan fingerprint density at radius 2 is 1.25 bits per heavy atom. The van der Waals surface area contributed by atoms with Crippen LogP contribution in [0, 0.1) is 0 Å². The van der Waals surface area contributed by atoms with Crippen molar-refractivity contribution in [2.75, 3.05) is 0 Å². The Hall–Kier alpha value is 1.41. The van der Waals surface area contributed by atoms with Crippen LogP contribution >= 0.6 is 34.8 Å². The van der Waals surface area contributed by atoms with Gasteiger partial charge in [-0.25, -0.2) is 0 Å². The first kappa shape index (κ1) is 12.1. The number of hydrogen-bond acceptors (Lipinski definition) is 2. The molecule has 0 fully saturated rings. The molecule has 0 atom stereocenters. The van der Waals surface area contributed by atoms with E-state index < -0.39 is 10.1 Å². The molecule has 8 heavy (non-hydrogen) atoms. The van der Waals surface area contributed by atoms with Gasteiger partial charge in [0.05, 0.1) is 0 Å². The van der Waals surface area contributed by atoms with E-state index in [1.165, 1.54) is 0 Å². The summed E-state index contributed by atoms with van der Waals surface area (Å²) in [6, 6.07) is 0. The fraction of sp³-hybridized carbons (Fsp3) is 1.00. The van der Waals surface area contributed by atoms with Crippen LogP contribution in [0.15, 0.2) is 0 Å². The SMILES string of the molecule is OC(O)C(Cl)(Cl)Cl.[Ru]. The van der Waals surface area contributed by atoms with Gasteiger partial charge in [0.15, 0.2) is 6.29 Å². The van der Waals surface area contributed by atoms with Crippen molar-refractivity contribution >= 4 is 34.8 Å². The van der Waals surface area contributed by atoms with Gasteiger partial charge in [0.25, 0.3) is 0 Å². The van der Waals surface area contributed by atoms with E-state index in [1.54, 1.807) is 0 Å². The quantitative estimate of drug-likeness (QED) is 0.384. The number of alkyl halides is 3. The maximum absolute atomic E-state index is 8.05. The monoisotopic (exact) mass is 266 g/mol. The summed E-state index contributed by atoms with van der Waals surface area (Å²) in [7, 11) is 0. The number of rotatable bonds is 0. The molecule has 52 valence electrons. The molecular formula is C2H3Cl3O2Ru. The van der Waals surface area contributed by atoms with Gasteiger partial charge in [-0.15, -0.1) is 0 Å². The molecule has 0 aromatic heterocycles. The molecule has 0 aliphatic carbocycles. The van der Waals surface area contributed by atoms with Gasteiger partial charge in [-0.2, -0.15) is 0 Å². The van der Waals surface area contributed by atoms with Gasteiger partial charge >= 0.3 is 0 Å². The Labute approximate surface area is 74.5 Å². The molecule has 0 saturated heterocycles. The predicted octanol–water partition coefficient (Wildman–Crippen LogP) is 0.665. The van der Waals surface area contributed by atoms with Gasteiger partial charge < -0.3 is 10.2 Å². The number of aliphatic hydroxyl groups is 2.